The molecule has 0 aromatic rings. The van der Waals surface area contributed by atoms with E-state index in [1.165, 1.54) is 32.1 Å². The molecule has 1 nitrogen and oxygen atoms in total. The van der Waals surface area contributed by atoms with E-state index in [9.17, 15) is 0 Å². The lowest BCUT2D eigenvalue weighted by atomic mass is 9.79. The predicted molar refractivity (Wildman–Crippen MR) is 65.5 cm³/mol. The summed E-state index contributed by atoms with van der Waals surface area (Å²) in [6.07, 6.45) is 6.66. The second kappa shape index (κ2) is 5.54. The van der Waals surface area contributed by atoms with Gasteiger partial charge in [0.25, 0.3) is 0 Å². The minimum atomic E-state index is 0.237. The predicted octanol–water partition coefficient (Wildman–Crippen LogP) is 3.80. The monoisotopic (exact) mass is 296 g/mol. The molecule has 1 rings (SSSR count). The van der Waals surface area contributed by atoms with Crippen molar-refractivity contribution in [3.8, 4) is 0 Å². The molecule has 1 aliphatic carbocycles. The van der Waals surface area contributed by atoms with Crippen molar-refractivity contribution in [3.63, 3.8) is 0 Å². The SMILES string of the molecule is CCOC1(CI)CCC(CC)CC1. The van der Waals surface area contributed by atoms with Crippen LogP contribution in [0.15, 0.2) is 0 Å². The molecular weight excluding hydrogens is 275 g/mol. The summed E-state index contributed by atoms with van der Waals surface area (Å²) in [7, 11) is 0. The van der Waals surface area contributed by atoms with Gasteiger partial charge in [-0.25, -0.2) is 0 Å². The van der Waals surface area contributed by atoms with Crippen LogP contribution in [0.2, 0.25) is 0 Å². The Kier molecular flexibility index (Phi) is 5.01. The van der Waals surface area contributed by atoms with E-state index in [4.69, 9.17) is 4.74 Å². The smallest absolute Gasteiger partial charge is 0.0771 e. The molecule has 0 aromatic carbocycles. The van der Waals surface area contributed by atoms with E-state index >= 15 is 0 Å². The van der Waals surface area contributed by atoms with Crippen molar-refractivity contribution >= 4 is 22.6 Å². The molecule has 0 radical (unpaired) electrons. The summed E-state index contributed by atoms with van der Waals surface area (Å²) in [6.45, 7) is 5.29. The quantitative estimate of drug-likeness (QED) is 0.566. The molecule has 1 saturated carbocycles. The third-order valence-electron chi connectivity index (χ3n) is 3.29. The third kappa shape index (κ3) is 3.08. The topological polar surface area (TPSA) is 9.23 Å². The van der Waals surface area contributed by atoms with Crippen LogP contribution in [0, 0.1) is 5.92 Å². The van der Waals surface area contributed by atoms with Crippen molar-refractivity contribution in [3.05, 3.63) is 0 Å². The van der Waals surface area contributed by atoms with Gasteiger partial charge in [-0.15, -0.1) is 0 Å². The minimum absolute atomic E-state index is 0.237. The summed E-state index contributed by atoms with van der Waals surface area (Å²) in [5.74, 6) is 0.969. The van der Waals surface area contributed by atoms with Crippen molar-refractivity contribution in [1.82, 2.24) is 0 Å². The third-order valence-corrected chi connectivity index (χ3v) is 4.68. The largest absolute Gasteiger partial charge is 0.374 e. The van der Waals surface area contributed by atoms with Gasteiger partial charge in [0.15, 0.2) is 0 Å². The zero-order chi connectivity index (χ0) is 9.73. The Morgan fingerprint density at radius 3 is 2.31 bits per heavy atom. The molecule has 2 heteroatoms. The lowest BCUT2D eigenvalue weighted by molar-refractivity contribution is -0.0531. The Balaban J connectivity index is 2.42. The second-order valence-electron chi connectivity index (χ2n) is 4.10. The number of rotatable bonds is 4. The van der Waals surface area contributed by atoms with Gasteiger partial charge in [-0.2, -0.15) is 0 Å². The molecule has 1 fully saturated rings. The van der Waals surface area contributed by atoms with Crippen LogP contribution in [-0.2, 0) is 4.74 Å². The van der Waals surface area contributed by atoms with Crippen LogP contribution in [0.1, 0.15) is 46.0 Å². The van der Waals surface area contributed by atoms with Crippen molar-refractivity contribution in [2.75, 3.05) is 11.0 Å². The van der Waals surface area contributed by atoms with Gasteiger partial charge < -0.3 is 4.74 Å². The van der Waals surface area contributed by atoms with Crippen LogP contribution >= 0.6 is 22.6 Å². The summed E-state index contributed by atoms with van der Waals surface area (Å²) in [6, 6.07) is 0. The van der Waals surface area contributed by atoms with Crippen LogP contribution in [0.5, 0.6) is 0 Å². The molecule has 0 N–H and O–H groups in total. The van der Waals surface area contributed by atoms with E-state index in [-0.39, 0.29) is 5.60 Å². The van der Waals surface area contributed by atoms with Gasteiger partial charge in [-0.05, 0) is 38.5 Å². The zero-order valence-corrected chi connectivity index (χ0v) is 11.0. The van der Waals surface area contributed by atoms with Gasteiger partial charge in [-0.3, -0.25) is 0 Å². The molecule has 1 aliphatic rings. The summed E-state index contributed by atoms with van der Waals surface area (Å²) in [5, 5.41) is 0. The van der Waals surface area contributed by atoms with Crippen LogP contribution in [0.4, 0.5) is 0 Å². The summed E-state index contributed by atoms with van der Waals surface area (Å²) in [5.41, 5.74) is 0.237. The average Bonchev–Trinajstić information content (AvgIpc) is 2.19. The lowest BCUT2D eigenvalue weighted by Gasteiger charge is -2.38. The highest BCUT2D eigenvalue weighted by molar-refractivity contribution is 14.1. The zero-order valence-electron chi connectivity index (χ0n) is 8.81. The number of hydrogen-bond acceptors (Lipinski definition) is 1. The fourth-order valence-electron chi connectivity index (χ4n) is 2.23. The van der Waals surface area contributed by atoms with Gasteiger partial charge in [0.1, 0.15) is 0 Å². The van der Waals surface area contributed by atoms with Gasteiger partial charge in [0.05, 0.1) is 5.60 Å². The highest BCUT2D eigenvalue weighted by Gasteiger charge is 2.34. The van der Waals surface area contributed by atoms with Crippen molar-refractivity contribution in [2.24, 2.45) is 5.92 Å². The highest BCUT2D eigenvalue weighted by Crippen LogP contribution is 2.37. The first-order valence-electron chi connectivity index (χ1n) is 5.46. The van der Waals surface area contributed by atoms with Crippen LogP contribution in [-0.4, -0.2) is 16.6 Å². The van der Waals surface area contributed by atoms with Crippen molar-refractivity contribution in [1.29, 1.82) is 0 Å². The summed E-state index contributed by atoms with van der Waals surface area (Å²) in [4.78, 5) is 0. The molecular formula is C11H21IO. The van der Waals surface area contributed by atoms with Gasteiger partial charge in [-0.1, -0.05) is 35.9 Å². The number of alkyl halides is 1. The average molecular weight is 296 g/mol. The summed E-state index contributed by atoms with van der Waals surface area (Å²) >= 11 is 2.48. The number of ether oxygens (including phenoxy) is 1. The Hall–Kier alpha value is 0.690. The highest BCUT2D eigenvalue weighted by atomic mass is 127. The standard InChI is InChI=1S/C11H21IO/c1-3-10-5-7-11(9-12,8-6-10)13-4-2/h10H,3-9H2,1-2H3. The van der Waals surface area contributed by atoms with E-state index < -0.39 is 0 Å². The molecule has 13 heavy (non-hydrogen) atoms. The Labute approximate surface area is 95.8 Å². The van der Waals surface area contributed by atoms with Crippen LogP contribution in [0.25, 0.3) is 0 Å². The molecule has 0 spiro atoms. The molecule has 0 heterocycles. The second-order valence-corrected chi connectivity index (χ2v) is 4.86. The molecule has 0 atom stereocenters. The minimum Gasteiger partial charge on any atom is -0.374 e. The lowest BCUT2D eigenvalue weighted by Crippen LogP contribution is -2.38. The normalized spacial score (nSPS) is 34.8. The van der Waals surface area contributed by atoms with E-state index in [1.54, 1.807) is 0 Å². The van der Waals surface area contributed by atoms with E-state index in [2.05, 4.69) is 36.4 Å². The Morgan fingerprint density at radius 1 is 1.31 bits per heavy atom. The molecule has 78 valence electrons. The van der Waals surface area contributed by atoms with Gasteiger partial charge >= 0.3 is 0 Å². The van der Waals surface area contributed by atoms with Gasteiger partial charge in [0, 0.05) is 11.0 Å². The summed E-state index contributed by atoms with van der Waals surface area (Å²) < 4.78 is 7.07. The van der Waals surface area contributed by atoms with E-state index in [0.29, 0.717) is 0 Å². The fraction of sp³-hybridized carbons (Fsp3) is 1.00. The molecule has 0 bridgehead atoms. The Morgan fingerprint density at radius 2 is 1.92 bits per heavy atom. The van der Waals surface area contributed by atoms with Gasteiger partial charge in [0.2, 0.25) is 0 Å². The molecule has 0 unspecified atom stereocenters. The fourth-order valence-corrected chi connectivity index (χ4v) is 3.22. The van der Waals surface area contributed by atoms with E-state index in [1.807, 2.05) is 0 Å². The maximum absolute atomic E-state index is 5.90. The maximum atomic E-state index is 5.90. The van der Waals surface area contributed by atoms with Crippen LogP contribution < -0.4 is 0 Å². The van der Waals surface area contributed by atoms with Crippen molar-refractivity contribution in [2.45, 2.75) is 51.6 Å². The number of hydrogen-bond donors (Lipinski definition) is 0. The first-order chi connectivity index (χ1) is 6.26. The molecule has 0 aliphatic heterocycles. The van der Waals surface area contributed by atoms with E-state index in [0.717, 1.165) is 17.0 Å². The first-order valence-corrected chi connectivity index (χ1v) is 6.99. The first kappa shape index (κ1) is 11.8. The molecule has 0 saturated heterocycles. The van der Waals surface area contributed by atoms with Crippen LogP contribution in [0.3, 0.4) is 0 Å². The maximum Gasteiger partial charge on any atom is 0.0771 e. The Bertz CT molecular complexity index is 139. The van der Waals surface area contributed by atoms with Crippen molar-refractivity contribution < 1.29 is 4.74 Å². The molecule has 0 aromatic heterocycles. The number of halogens is 1. The molecule has 0 amide bonds.